The van der Waals surface area contributed by atoms with Gasteiger partial charge in [0.05, 0.1) is 24.5 Å². The lowest BCUT2D eigenvalue weighted by molar-refractivity contribution is -0.117. The van der Waals surface area contributed by atoms with Crippen LogP contribution >= 0.6 is 0 Å². The predicted octanol–water partition coefficient (Wildman–Crippen LogP) is 5.26. The Hall–Kier alpha value is -3.74. The normalized spacial score (nSPS) is 17.5. The second-order valence-electron chi connectivity index (χ2n) is 8.67. The van der Waals surface area contributed by atoms with Crippen LogP contribution in [0.5, 0.6) is 11.5 Å². The Morgan fingerprint density at radius 2 is 1.67 bits per heavy atom. The van der Waals surface area contributed by atoms with Gasteiger partial charge < -0.3 is 18.9 Å². The summed E-state index contributed by atoms with van der Waals surface area (Å²) in [6.45, 7) is 3.82. The van der Waals surface area contributed by atoms with Crippen LogP contribution in [0.25, 0.3) is 11.1 Å². The summed E-state index contributed by atoms with van der Waals surface area (Å²) in [5.74, 6) is 1.06. The van der Waals surface area contributed by atoms with Crippen molar-refractivity contribution in [3.05, 3.63) is 60.9 Å². The highest BCUT2D eigenvalue weighted by Gasteiger charge is 2.35. The average molecular weight is 446 g/mol. The molecule has 1 aliphatic carbocycles. The van der Waals surface area contributed by atoms with E-state index in [4.69, 9.17) is 9.47 Å². The molecule has 2 heterocycles. The number of hydrogen-bond acceptors (Lipinski definition) is 4. The molecule has 1 fully saturated rings. The molecule has 0 bridgehead atoms. The molecular weight excluding hydrogens is 418 g/mol. The third-order valence-electron chi connectivity index (χ3n) is 6.25. The van der Waals surface area contributed by atoms with Crippen LogP contribution in [0.4, 0.5) is 16.2 Å². The summed E-state index contributed by atoms with van der Waals surface area (Å²) in [6, 6.07) is 15.3. The average Bonchev–Trinajstić information content (AvgIpc) is 3.54. The zero-order valence-corrected chi connectivity index (χ0v) is 19.0. The summed E-state index contributed by atoms with van der Waals surface area (Å²) >= 11 is 0. The summed E-state index contributed by atoms with van der Waals surface area (Å²) < 4.78 is 13.1. The van der Waals surface area contributed by atoms with Crippen LogP contribution in [-0.4, -0.2) is 36.3 Å². The maximum Gasteiger partial charge on any atom is 0.419 e. The van der Waals surface area contributed by atoms with Crippen molar-refractivity contribution in [1.82, 2.24) is 4.57 Å². The van der Waals surface area contributed by atoms with Crippen LogP contribution in [0.2, 0.25) is 0 Å². The highest BCUT2D eigenvalue weighted by molar-refractivity contribution is 6.03. The number of carbonyl (C=O) groups excluding carboxylic acids is 2. The first kappa shape index (κ1) is 21.1. The monoisotopic (exact) mass is 445 g/mol. The van der Waals surface area contributed by atoms with Crippen molar-refractivity contribution < 1.29 is 19.1 Å². The predicted molar refractivity (Wildman–Crippen MR) is 127 cm³/mol. The number of ether oxygens (including phenoxy) is 2. The first-order chi connectivity index (χ1) is 15.9. The zero-order chi connectivity index (χ0) is 23.1. The summed E-state index contributed by atoms with van der Waals surface area (Å²) in [6.07, 6.45) is 6.20. The first-order valence-electron chi connectivity index (χ1n) is 11.2. The number of carbonyl (C=O) groups is 2. The van der Waals surface area contributed by atoms with Gasteiger partial charge in [-0.05, 0) is 73.4 Å². The van der Waals surface area contributed by atoms with Crippen LogP contribution in [0, 0.1) is 0 Å². The van der Waals surface area contributed by atoms with E-state index in [2.05, 4.69) is 23.0 Å². The van der Waals surface area contributed by atoms with Gasteiger partial charge in [-0.2, -0.15) is 0 Å². The van der Waals surface area contributed by atoms with E-state index in [9.17, 15) is 9.59 Å². The van der Waals surface area contributed by atoms with Crippen molar-refractivity contribution in [2.75, 3.05) is 23.5 Å². The van der Waals surface area contributed by atoms with E-state index in [1.54, 1.807) is 48.1 Å². The number of amides is 2. The molecule has 0 saturated heterocycles. The van der Waals surface area contributed by atoms with Crippen molar-refractivity contribution in [3.63, 3.8) is 0 Å². The fraction of sp³-hybridized carbons (Fsp3) is 0.308. The SMILES string of the molecule is COc1ccc(OC(=O)N2C[C@H](C)N(C(C)=O)c3ccc(-c4ccn(C5CC5)c4)cc32)cc1. The number of rotatable bonds is 4. The topological polar surface area (TPSA) is 64.0 Å². The van der Waals surface area contributed by atoms with Crippen molar-refractivity contribution >= 4 is 23.4 Å². The highest BCUT2D eigenvalue weighted by Crippen LogP contribution is 2.41. The number of aromatic nitrogens is 1. The molecular formula is C26H27N3O4. The van der Waals surface area contributed by atoms with Gasteiger partial charge in [0.15, 0.2) is 0 Å². The van der Waals surface area contributed by atoms with E-state index in [0.29, 0.717) is 35.5 Å². The van der Waals surface area contributed by atoms with Crippen LogP contribution in [0.3, 0.4) is 0 Å². The highest BCUT2D eigenvalue weighted by atomic mass is 16.6. The Kier molecular flexibility index (Phi) is 5.32. The molecule has 170 valence electrons. The van der Waals surface area contributed by atoms with Gasteiger partial charge in [-0.15, -0.1) is 0 Å². The van der Waals surface area contributed by atoms with E-state index in [-0.39, 0.29) is 11.9 Å². The van der Waals surface area contributed by atoms with Gasteiger partial charge in [-0.1, -0.05) is 6.07 Å². The molecule has 33 heavy (non-hydrogen) atoms. The molecule has 2 amide bonds. The lowest BCUT2D eigenvalue weighted by Crippen LogP contribution is -2.52. The Morgan fingerprint density at radius 3 is 2.33 bits per heavy atom. The summed E-state index contributed by atoms with van der Waals surface area (Å²) in [7, 11) is 1.59. The lowest BCUT2D eigenvalue weighted by Gasteiger charge is -2.40. The van der Waals surface area contributed by atoms with Gasteiger partial charge in [0.25, 0.3) is 0 Å². The van der Waals surface area contributed by atoms with Crippen LogP contribution in [0.1, 0.15) is 32.7 Å². The second kappa shape index (κ2) is 8.31. The van der Waals surface area contributed by atoms with Gasteiger partial charge in [-0.3, -0.25) is 9.69 Å². The zero-order valence-electron chi connectivity index (χ0n) is 19.0. The molecule has 3 aromatic rings. The molecule has 1 aliphatic heterocycles. The minimum absolute atomic E-state index is 0.0560. The number of hydrogen-bond donors (Lipinski definition) is 0. The largest absolute Gasteiger partial charge is 0.497 e. The number of nitrogens with zero attached hydrogens (tertiary/aromatic N) is 3. The fourth-order valence-corrected chi connectivity index (χ4v) is 4.44. The molecule has 2 aromatic carbocycles. The summed E-state index contributed by atoms with van der Waals surface area (Å²) in [5, 5.41) is 0. The molecule has 1 aromatic heterocycles. The Balaban J connectivity index is 1.49. The van der Waals surface area contributed by atoms with Crippen LogP contribution in [0.15, 0.2) is 60.9 Å². The van der Waals surface area contributed by atoms with E-state index in [1.165, 1.54) is 12.8 Å². The maximum atomic E-state index is 13.2. The molecule has 1 saturated carbocycles. The van der Waals surface area contributed by atoms with Gasteiger partial charge in [-0.25, -0.2) is 4.79 Å². The maximum absolute atomic E-state index is 13.2. The van der Waals surface area contributed by atoms with E-state index < -0.39 is 6.09 Å². The number of benzene rings is 2. The number of anilines is 2. The molecule has 2 aliphatic rings. The summed E-state index contributed by atoms with van der Waals surface area (Å²) in [5.41, 5.74) is 3.45. The Morgan fingerprint density at radius 1 is 0.939 bits per heavy atom. The van der Waals surface area contributed by atoms with Gasteiger partial charge in [0.2, 0.25) is 5.91 Å². The smallest absolute Gasteiger partial charge is 0.419 e. The Bertz CT molecular complexity index is 1200. The fourth-order valence-electron chi connectivity index (χ4n) is 4.44. The number of methoxy groups -OCH3 is 1. The number of fused-ring (bicyclic) bond motifs is 1. The van der Waals surface area contributed by atoms with E-state index >= 15 is 0 Å². The van der Waals surface area contributed by atoms with Gasteiger partial charge in [0.1, 0.15) is 11.5 Å². The molecule has 5 rings (SSSR count). The quantitative estimate of drug-likeness (QED) is 0.550. The third kappa shape index (κ3) is 4.06. The first-order valence-corrected chi connectivity index (χ1v) is 11.2. The van der Waals surface area contributed by atoms with E-state index in [0.717, 1.165) is 11.1 Å². The van der Waals surface area contributed by atoms with Crippen molar-refractivity contribution in [1.29, 1.82) is 0 Å². The van der Waals surface area contributed by atoms with Crippen molar-refractivity contribution in [3.8, 4) is 22.6 Å². The van der Waals surface area contributed by atoms with Gasteiger partial charge in [0, 0.05) is 31.9 Å². The summed E-state index contributed by atoms with van der Waals surface area (Å²) in [4.78, 5) is 29.0. The minimum Gasteiger partial charge on any atom is -0.497 e. The third-order valence-corrected chi connectivity index (χ3v) is 6.25. The second-order valence-corrected chi connectivity index (χ2v) is 8.67. The molecule has 0 radical (unpaired) electrons. The van der Waals surface area contributed by atoms with Gasteiger partial charge >= 0.3 is 6.09 Å². The molecule has 0 unspecified atom stereocenters. The standard InChI is InChI=1S/C26H27N3O4/c1-17-15-28(26(31)33-23-9-7-22(32-3)8-10-23)25-14-19(4-11-24(25)29(17)18(2)30)20-12-13-27(16-20)21-5-6-21/h4,7-14,16-17,21H,5-6,15H2,1-3H3/t17-/m0/s1. The molecule has 7 heteroatoms. The Labute approximate surface area is 193 Å². The van der Waals surface area contributed by atoms with E-state index in [1.807, 2.05) is 25.1 Å². The van der Waals surface area contributed by atoms with Crippen LogP contribution < -0.4 is 19.3 Å². The molecule has 0 N–H and O–H groups in total. The molecule has 7 nitrogen and oxygen atoms in total. The van der Waals surface area contributed by atoms with Crippen LogP contribution in [-0.2, 0) is 4.79 Å². The minimum atomic E-state index is -0.482. The lowest BCUT2D eigenvalue weighted by atomic mass is 10.0. The van der Waals surface area contributed by atoms with Crippen molar-refractivity contribution in [2.24, 2.45) is 0 Å². The molecule has 1 atom stereocenters. The molecule has 0 spiro atoms. The van der Waals surface area contributed by atoms with Crippen molar-refractivity contribution in [2.45, 2.75) is 38.8 Å².